The number of aryl methyl sites for hydroxylation is 1. The predicted octanol–water partition coefficient (Wildman–Crippen LogP) is 4.29. The minimum Gasteiger partial charge on any atom is -0.145 e. The summed E-state index contributed by atoms with van der Waals surface area (Å²) in [7, 11) is 0. The summed E-state index contributed by atoms with van der Waals surface area (Å²) in [6.45, 7) is 2.18. The number of alkyl halides is 1. The van der Waals surface area contributed by atoms with E-state index in [9.17, 15) is 0 Å². The lowest BCUT2D eigenvalue weighted by atomic mass is 9.82. The van der Waals surface area contributed by atoms with Gasteiger partial charge in [-0.05, 0) is 37.8 Å². The van der Waals surface area contributed by atoms with Gasteiger partial charge in [-0.15, -0.1) is 11.3 Å². The van der Waals surface area contributed by atoms with Crippen LogP contribution in [0.3, 0.4) is 0 Å². The average molecular weight is 245 g/mol. The van der Waals surface area contributed by atoms with Crippen molar-refractivity contribution in [3.63, 3.8) is 0 Å². The van der Waals surface area contributed by atoms with Crippen LogP contribution in [-0.2, 0) is 0 Å². The summed E-state index contributed by atoms with van der Waals surface area (Å²) in [6, 6.07) is 4.48. The van der Waals surface area contributed by atoms with Crippen molar-refractivity contribution < 1.29 is 0 Å². The third-order valence-corrected chi connectivity index (χ3v) is 5.22. The Morgan fingerprint density at radius 2 is 2.25 bits per heavy atom. The van der Waals surface area contributed by atoms with Crippen molar-refractivity contribution in [3.8, 4) is 0 Å². The van der Waals surface area contributed by atoms with Gasteiger partial charge in [-0.1, -0.05) is 22.4 Å². The minimum atomic E-state index is 0.630. The zero-order valence-electron chi connectivity index (χ0n) is 7.22. The highest BCUT2D eigenvalue weighted by molar-refractivity contribution is 9.09. The molecule has 0 aromatic carbocycles. The van der Waals surface area contributed by atoms with Crippen LogP contribution in [0.4, 0.5) is 0 Å². The van der Waals surface area contributed by atoms with Gasteiger partial charge in [0.15, 0.2) is 0 Å². The Kier molecular flexibility index (Phi) is 2.56. The molecular formula is C10H13BrS. The van der Waals surface area contributed by atoms with Gasteiger partial charge in [0, 0.05) is 9.75 Å². The minimum absolute atomic E-state index is 0.630. The van der Waals surface area contributed by atoms with Crippen molar-refractivity contribution in [2.75, 3.05) is 0 Å². The quantitative estimate of drug-likeness (QED) is 0.682. The number of halogens is 1. The Hall–Kier alpha value is 0.180. The van der Waals surface area contributed by atoms with Crippen LogP contribution in [0.5, 0.6) is 0 Å². The molecule has 2 heteroatoms. The van der Waals surface area contributed by atoms with Crippen LogP contribution in [0.1, 0.15) is 33.8 Å². The van der Waals surface area contributed by atoms with Crippen LogP contribution in [0, 0.1) is 12.8 Å². The molecule has 1 unspecified atom stereocenters. The second kappa shape index (κ2) is 3.51. The maximum atomic E-state index is 3.79. The second-order valence-electron chi connectivity index (χ2n) is 3.54. The van der Waals surface area contributed by atoms with E-state index in [-0.39, 0.29) is 0 Å². The van der Waals surface area contributed by atoms with E-state index >= 15 is 0 Å². The lowest BCUT2D eigenvalue weighted by Gasteiger charge is -2.29. The van der Waals surface area contributed by atoms with Crippen LogP contribution in [0.2, 0.25) is 0 Å². The Balaban J connectivity index is 2.08. The summed E-state index contributed by atoms with van der Waals surface area (Å²) in [4.78, 5) is 3.57. The largest absolute Gasteiger partial charge is 0.145 e. The molecule has 0 bridgehead atoms. The van der Waals surface area contributed by atoms with Gasteiger partial charge in [-0.25, -0.2) is 0 Å². The first-order valence-electron chi connectivity index (χ1n) is 4.48. The topological polar surface area (TPSA) is 0 Å². The van der Waals surface area contributed by atoms with Crippen molar-refractivity contribution in [2.24, 2.45) is 5.92 Å². The van der Waals surface area contributed by atoms with Gasteiger partial charge in [-0.3, -0.25) is 0 Å². The fraction of sp³-hybridized carbons (Fsp3) is 0.600. The van der Waals surface area contributed by atoms with E-state index in [1.807, 2.05) is 11.3 Å². The van der Waals surface area contributed by atoms with Gasteiger partial charge >= 0.3 is 0 Å². The SMILES string of the molecule is Cc1ccc(C(Br)C2CCC2)s1. The maximum Gasteiger partial charge on any atom is 0.0517 e. The number of thiophene rings is 1. The summed E-state index contributed by atoms with van der Waals surface area (Å²) in [5, 5.41) is 0. The molecule has 1 saturated carbocycles. The normalized spacial score (nSPS) is 20.5. The van der Waals surface area contributed by atoms with Crippen molar-refractivity contribution >= 4 is 27.3 Å². The van der Waals surface area contributed by atoms with E-state index in [1.54, 1.807) is 0 Å². The van der Waals surface area contributed by atoms with Gasteiger partial charge in [0.1, 0.15) is 0 Å². The fourth-order valence-electron chi connectivity index (χ4n) is 1.57. The summed E-state index contributed by atoms with van der Waals surface area (Å²) < 4.78 is 0. The van der Waals surface area contributed by atoms with E-state index < -0.39 is 0 Å². The van der Waals surface area contributed by atoms with E-state index in [0.717, 1.165) is 5.92 Å². The van der Waals surface area contributed by atoms with Crippen molar-refractivity contribution in [1.82, 2.24) is 0 Å². The molecule has 66 valence electrons. The molecule has 0 aliphatic heterocycles. The molecule has 2 rings (SSSR count). The molecule has 0 spiro atoms. The molecule has 0 radical (unpaired) electrons. The molecule has 0 nitrogen and oxygen atoms in total. The van der Waals surface area contributed by atoms with E-state index in [0.29, 0.717) is 4.83 Å². The molecule has 1 heterocycles. The van der Waals surface area contributed by atoms with Gasteiger partial charge < -0.3 is 0 Å². The summed E-state index contributed by atoms with van der Waals surface area (Å²) in [5.41, 5.74) is 0. The molecule has 1 aromatic rings. The highest BCUT2D eigenvalue weighted by Crippen LogP contribution is 2.44. The zero-order chi connectivity index (χ0) is 8.55. The molecule has 1 fully saturated rings. The molecule has 0 N–H and O–H groups in total. The molecule has 1 aliphatic carbocycles. The summed E-state index contributed by atoms with van der Waals surface area (Å²) in [5.74, 6) is 0.906. The van der Waals surface area contributed by atoms with Crippen LogP contribution in [-0.4, -0.2) is 0 Å². The highest BCUT2D eigenvalue weighted by Gasteiger charge is 2.26. The molecule has 0 saturated heterocycles. The number of hydrogen-bond acceptors (Lipinski definition) is 1. The van der Waals surface area contributed by atoms with Crippen LogP contribution < -0.4 is 0 Å². The second-order valence-corrected chi connectivity index (χ2v) is 5.85. The lowest BCUT2D eigenvalue weighted by molar-refractivity contribution is 0.314. The van der Waals surface area contributed by atoms with Crippen molar-refractivity contribution in [1.29, 1.82) is 0 Å². The maximum absolute atomic E-state index is 3.79. The summed E-state index contributed by atoms with van der Waals surface area (Å²) in [6.07, 6.45) is 4.25. The first-order chi connectivity index (χ1) is 5.77. The molecular weight excluding hydrogens is 232 g/mol. The van der Waals surface area contributed by atoms with Gasteiger partial charge in [0.2, 0.25) is 0 Å². The summed E-state index contributed by atoms with van der Waals surface area (Å²) >= 11 is 5.71. The van der Waals surface area contributed by atoms with Crippen molar-refractivity contribution in [3.05, 3.63) is 21.9 Å². The standard InChI is InChI=1S/C10H13BrS/c1-7-5-6-9(12-7)10(11)8-3-2-4-8/h5-6,8,10H,2-4H2,1H3. The van der Waals surface area contributed by atoms with Crippen LogP contribution in [0.25, 0.3) is 0 Å². The Bertz CT molecular complexity index is 263. The lowest BCUT2D eigenvalue weighted by Crippen LogP contribution is -2.15. The van der Waals surface area contributed by atoms with Gasteiger partial charge in [0.05, 0.1) is 4.83 Å². The number of hydrogen-bond donors (Lipinski definition) is 0. The van der Waals surface area contributed by atoms with E-state index in [1.165, 1.54) is 29.0 Å². The third-order valence-electron chi connectivity index (χ3n) is 2.60. The molecule has 12 heavy (non-hydrogen) atoms. The van der Waals surface area contributed by atoms with Crippen molar-refractivity contribution in [2.45, 2.75) is 31.0 Å². The first-order valence-corrected chi connectivity index (χ1v) is 6.21. The first kappa shape index (κ1) is 8.76. The van der Waals surface area contributed by atoms with Gasteiger partial charge in [0.25, 0.3) is 0 Å². The monoisotopic (exact) mass is 244 g/mol. The molecule has 0 amide bonds. The van der Waals surface area contributed by atoms with E-state index in [4.69, 9.17) is 0 Å². The highest BCUT2D eigenvalue weighted by atomic mass is 79.9. The molecule has 1 aromatic heterocycles. The smallest absolute Gasteiger partial charge is 0.0517 e. The Labute approximate surface area is 86.1 Å². The molecule has 1 aliphatic rings. The number of rotatable bonds is 2. The van der Waals surface area contributed by atoms with Crippen LogP contribution in [0.15, 0.2) is 12.1 Å². The molecule has 1 atom stereocenters. The zero-order valence-corrected chi connectivity index (χ0v) is 9.62. The predicted molar refractivity (Wildman–Crippen MR) is 58.1 cm³/mol. The van der Waals surface area contributed by atoms with Gasteiger partial charge in [-0.2, -0.15) is 0 Å². The Morgan fingerprint density at radius 1 is 1.50 bits per heavy atom. The fourth-order valence-corrected chi connectivity index (χ4v) is 3.48. The van der Waals surface area contributed by atoms with Crippen LogP contribution >= 0.6 is 27.3 Å². The average Bonchev–Trinajstić information content (AvgIpc) is 2.31. The third kappa shape index (κ3) is 1.60. The van der Waals surface area contributed by atoms with E-state index in [2.05, 4.69) is 35.0 Å². The Morgan fingerprint density at radius 3 is 2.67 bits per heavy atom.